The van der Waals surface area contributed by atoms with Crippen LogP contribution < -0.4 is 5.73 Å². The zero-order chi connectivity index (χ0) is 24.6. The Morgan fingerprint density at radius 1 is 0.971 bits per heavy atom. The number of nitrogens with one attached hydrogen (secondary N) is 2. The summed E-state index contributed by atoms with van der Waals surface area (Å²) in [6.45, 7) is 3.65. The van der Waals surface area contributed by atoms with E-state index < -0.39 is 11.9 Å². The summed E-state index contributed by atoms with van der Waals surface area (Å²) >= 11 is 0. The monoisotopic (exact) mass is 455 g/mol. The van der Waals surface area contributed by atoms with Crippen LogP contribution in [-0.4, -0.2) is 33.0 Å². The predicted molar refractivity (Wildman–Crippen MR) is 132 cm³/mol. The highest BCUT2D eigenvalue weighted by atomic mass is 16.4. The largest absolute Gasteiger partial charge is 0.478 e. The first-order valence-electron chi connectivity index (χ1n) is 10.9. The molecule has 34 heavy (non-hydrogen) atoms. The fourth-order valence-electron chi connectivity index (χ4n) is 4.69. The van der Waals surface area contributed by atoms with Crippen molar-refractivity contribution < 1.29 is 19.8 Å². The van der Waals surface area contributed by atoms with Crippen LogP contribution in [-0.2, 0) is 0 Å². The van der Waals surface area contributed by atoms with Crippen molar-refractivity contribution in [1.29, 1.82) is 5.41 Å². The van der Waals surface area contributed by atoms with Crippen molar-refractivity contribution in [2.45, 2.75) is 26.2 Å². The Bertz CT molecular complexity index is 1450. The van der Waals surface area contributed by atoms with Crippen LogP contribution in [0.4, 0.5) is 0 Å². The number of H-pyrrole nitrogens is 1. The van der Waals surface area contributed by atoms with Gasteiger partial charge >= 0.3 is 11.9 Å². The van der Waals surface area contributed by atoms with Crippen LogP contribution in [0.1, 0.15) is 62.2 Å². The molecule has 172 valence electrons. The number of fused-ring (bicyclic) bond motifs is 1. The SMILES string of the molecule is CCC(c1ccccc1-c1ccc(C)c(C(=O)O)c1C(=O)O)c1c[nH]c2cc(C(=N)N)ccc12. The Morgan fingerprint density at radius 2 is 1.68 bits per heavy atom. The fraction of sp³-hybridized carbons (Fsp3) is 0.148. The molecule has 0 fully saturated rings. The molecular formula is C27H25N3O4. The van der Waals surface area contributed by atoms with Crippen molar-refractivity contribution in [2.75, 3.05) is 0 Å². The second-order valence-electron chi connectivity index (χ2n) is 8.26. The van der Waals surface area contributed by atoms with Crippen LogP contribution >= 0.6 is 0 Å². The third-order valence-corrected chi connectivity index (χ3v) is 6.28. The van der Waals surface area contributed by atoms with E-state index in [1.165, 1.54) is 0 Å². The number of hydrogen-bond donors (Lipinski definition) is 5. The van der Waals surface area contributed by atoms with E-state index in [0.717, 1.165) is 28.5 Å². The Labute approximate surface area is 196 Å². The van der Waals surface area contributed by atoms with E-state index in [1.54, 1.807) is 19.1 Å². The third kappa shape index (κ3) is 3.81. The van der Waals surface area contributed by atoms with Gasteiger partial charge in [-0.1, -0.05) is 55.5 Å². The molecule has 7 heteroatoms. The molecule has 1 atom stereocenters. The second kappa shape index (κ2) is 8.86. The number of hydrogen-bond acceptors (Lipinski definition) is 3. The Balaban J connectivity index is 1.94. The fourth-order valence-corrected chi connectivity index (χ4v) is 4.69. The molecule has 1 heterocycles. The smallest absolute Gasteiger partial charge is 0.337 e. The average molecular weight is 456 g/mol. The second-order valence-corrected chi connectivity index (χ2v) is 8.26. The molecular weight excluding hydrogens is 430 g/mol. The maximum atomic E-state index is 12.2. The van der Waals surface area contributed by atoms with Gasteiger partial charge in [-0.05, 0) is 47.2 Å². The van der Waals surface area contributed by atoms with Gasteiger partial charge in [-0.15, -0.1) is 0 Å². The highest BCUT2D eigenvalue weighted by molar-refractivity contribution is 6.08. The van der Waals surface area contributed by atoms with Gasteiger partial charge in [0.2, 0.25) is 0 Å². The Morgan fingerprint density at radius 3 is 2.32 bits per heavy atom. The summed E-state index contributed by atoms with van der Waals surface area (Å²) in [6.07, 6.45) is 2.66. The zero-order valence-corrected chi connectivity index (χ0v) is 18.8. The van der Waals surface area contributed by atoms with Crippen LogP contribution in [0.25, 0.3) is 22.0 Å². The van der Waals surface area contributed by atoms with Gasteiger partial charge in [-0.25, -0.2) is 9.59 Å². The van der Waals surface area contributed by atoms with E-state index in [0.29, 0.717) is 22.3 Å². The number of nitrogen functional groups attached to an aromatic ring is 1. The minimum absolute atomic E-state index is 0.00903. The molecule has 0 bridgehead atoms. The summed E-state index contributed by atoms with van der Waals surface area (Å²) in [7, 11) is 0. The Hall–Kier alpha value is -4.39. The summed E-state index contributed by atoms with van der Waals surface area (Å²) in [5.41, 5.74) is 10.1. The minimum atomic E-state index is -1.28. The maximum absolute atomic E-state index is 12.2. The number of rotatable bonds is 7. The summed E-state index contributed by atoms with van der Waals surface area (Å²) in [6, 6.07) is 16.4. The number of nitrogens with two attached hydrogens (primary N) is 1. The quantitative estimate of drug-likeness (QED) is 0.188. The van der Waals surface area contributed by atoms with Gasteiger partial charge in [-0.2, -0.15) is 0 Å². The summed E-state index contributed by atoms with van der Waals surface area (Å²) in [4.78, 5) is 27.4. The van der Waals surface area contributed by atoms with Crippen molar-refractivity contribution in [1.82, 2.24) is 4.98 Å². The number of amidine groups is 1. The first-order valence-corrected chi connectivity index (χ1v) is 10.9. The molecule has 0 saturated heterocycles. The summed E-state index contributed by atoms with van der Waals surface area (Å²) in [5.74, 6) is -2.63. The van der Waals surface area contributed by atoms with Crippen molar-refractivity contribution in [2.24, 2.45) is 5.73 Å². The Kier molecular flexibility index (Phi) is 5.94. The molecule has 7 nitrogen and oxygen atoms in total. The number of benzene rings is 3. The molecule has 0 radical (unpaired) electrons. The lowest BCUT2D eigenvalue weighted by molar-refractivity contribution is 0.0651. The zero-order valence-electron chi connectivity index (χ0n) is 18.8. The molecule has 0 spiro atoms. The molecule has 1 aromatic heterocycles. The molecule has 0 aliphatic rings. The van der Waals surface area contributed by atoms with Gasteiger partial charge in [0, 0.05) is 28.6 Å². The first-order chi connectivity index (χ1) is 16.2. The number of aromatic nitrogens is 1. The third-order valence-electron chi connectivity index (χ3n) is 6.28. The lowest BCUT2D eigenvalue weighted by Crippen LogP contribution is -2.13. The van der Waals surface area contributed by atoms with Crippen LogP contribution in [0.5, 0.6) is 0 Å². The van der Waals surface area contributed by atoms with Crippen molar-refractivity contribution in [3.05, 3.63) is 94.2 Å². The molecule has 6 N–H and O–H groups in total. The lowest BCUT2D eigenvalue weighted by atomic mass is 9.82. The standard InChI is InChI=1S/C27H25N3O4/c1-3-16(21-13-30-22-12-15(25(28)29)9-11-19(21)22)17-6-4-5-7-18(17)20-10-8-14(2)23(26(31)32)24(20)27(33)34/h4-13,16,30H,3H2,1-2H3,(H3,28,29)(H,31,32)(H,33,34). The van der Waals surface area contributed by atoms with Gasteiger partial charge in [0.25, 0.3) is 0 Å². The minimum Gasteiger partial charge on any atom is -0.478 e. The molecule has 4 aromatic rings. The normalized spacial score (nSPS) is 11.9. The van der Waals surface area contributed by atoms with Gasteiger partial charge in [-0.3, -0.25) is 5.41 Å². The number of carboxylic acid groups (broad SMARTS) is 2. The molecule has 1 unspecified atom stereocenters. The number of carbonyl (C=O) groups is 2. The van der Waals surface area contributed by atoms with E-state index in [4.69, 9.17) is 11.1 Å². The summed E-state index contributed by atoms with van der Waals surface area (Å²) < 4.78 is 0. The van der Waals surface area contributed by atoms with Crippen molar-refractivity contribution in [3.63, 3.8) is 0 Å². The number of aromatic amines is 1. The van der Waals surface area contributed by atoms with E-state index in [2.05, 4.69) is 11.9 Å². The van der Waals surface area contributed by atoms with Gasteiger partial charge in [0.1, 0.15) is 5.84 Å². The van der Waals surface area contributed by atoms with Gasteiger partial charge in [0.15, 0.2) is 0 Å². The number of aromatic carboxylic acids is 2. The molecule has 4 rings (SSSR count). The maximum Gasteiger partial charge on any atom is 0.337 e. The van der Waals surface area contributed by atoms with E-state index in [9.17, 15) is 19.8 Å². The predicted octanol–water partition coefficient (Wildman–Crippen LogP) is 5.37. The lowest BCUT2D eigenvalue weighted by Gasteiger charge is -2.21. The number of carboxylic acids is 2. The molecule has 0 aliphatic carbocycles. The van der Waals surface area contributed by atoms with Gasteiger partial charge < -0.3 is 20.9 Å². The highest BCUT2D eigenvalue weighted by Gasteiger charge is 2.26. The van der Waals surface area contributed by atoms with E-state index in [-0.39, 0.29) is 22.9 Å². The van der Waals surface area contributed by atoms with Gasteiger partial charge in [0.05, 0.1) is 11.1 Å². The van der Waals surface area contributed by atoms with E-state index in [1.807, 2.05) is 48.7 Å². The summed E-state index contributed by atoms with van der Waals surface area (Å²) in [5, 5.41) is 28.4. The highest BCUT2D eigenvalue weighted by Crippen LogP contribution is 2.40. The molecule has 3 aromatic carbocycles. The van der Waals surface area contributed by atoms with Crippen molar-refractivity contribution >= 4 is 28.7 Å². The van der Waals surface area contributed by atoms with Crippen LogP contribution in [0.2, 0.25) is 0 Å². The average Bonchev–Trinajstić information content (AvgIpc) is 3.22. The topological polar surface area (TPSA) is 140 Å². The van der Waals surface area contributed by atoms with E-state index >= 15 is 0 Å². The van der Waals surface area contributed by atoms with Crippen molar-refractivity contribution in [3.8, 4) is 11.1 Å². The molecule has 0 amide bonds. The molecule has 0 saturated carbocycles. The van der Waals surface area contributed by atoms with Crippen LogP contribution in [0.15, 0.2) is 60.8 Å². The first kappa shape index (κ1) is 22.8. The van der Waals surface area contributed by atoms with Crippen LogP contribution in [0, 0.1) is 12.3 Å². The van der Waals surface area contributed by atoms with Crippen LogP contribution in [0.3, 0.4) is 0 Å². The number of aryl methyl sites for hydroxylation is 1. The molecule has 0 aliphatic heterocycles.